The number of H-pyrrole nitrogens is 1. The Morgan fingerprint density at radius 1 is 1.16 bits per heavy atom. The number of halogens is 2. The maximum atomic E-state index is 12.6. The number of amides is 1. The van der Waals surface area contributed by atoms with Gasteiger partial charge in [0.1, 0.15) is 5.75 Å². The summed E-state index contributed by atoms with van der Waals surface area (Å²) in [4.78, 5) is 17.0. The molecule has 1 unspecified atom stereocenters. The summed E-state index contributed by atoms with van der Waals surface area (Å²) in [5.41, 5.74) is 7.31. The molecule has 2 aromatic carbocycles. The molecule has 0 fully saturated rings. The van der Waals surface area contributed by atoms with Gasteiger partial charge in [0.15, 0.2) is 0 Å². The van der Waals surface area contributed by atoms with Crippen LogP contribution in [0.4, 0.5) is 8.78 Å². The lowest BCUT2D eigenvalue weighted by molar-refractivity contribution is -0.120. The number of hydrogen-bond donors (Lipinski definition) is 1. The van der Waals surface area contributed by atoms with Crippen LogP contribution in [0.25, 0.3) is 10.9 Å². The fraction of sp³-hybridized carbons (Fsp3) is 0.423. The van der Waals surface area contributed by atoms with E-state index in [0.29, 0.717) is 0 Å². The Kier molecular flexibility index (Phi) is 6.77. The lowest BCUT2D eigenvalue weighted by Crippen LogP contribution is -2.35. The average molecular weight is 441 g/mol. The number of alkyl halides is 2. The van der Waals surface area contributed by atoms with E-state index in [1.807, 2.05) is 11.1 Å². The minimum Gasteiger partial charge on any atom is -0.435 e. The predicted octanol–water partition coefficient (Wildman–Crippen LogP) is 5.97. The number of fused-ring (bicyclic) bond motifs is 2. The van der Waals surface area contributed by atoms with E-state index in [4.69, 9.17) is 0 Å². The van der Waals surface area contributed by atoms with Gasteiger partial charge in [-0.15, -0.1) is 0 Å². The first kappa shape index (κ1) is 22.3. The predicted molar refractivity (Wildman–Crippen MR) is 122 cm³/mol. The van der Waals surface area contributed by atoms with Crippen LogP contribution in [0.1, 0.15) is 60.5 Å². The van der Waals surface area contributed by atoms with Crippen molar-refractivity contribution < 1.29 is 18.3 Å². The molecule has 32 heavy (non-hydrogen) atoms. The van der Waals surface area contributed by atoms with Gasteiger partial charge in [0.2, 0.25) is 6.41 Å². The zero-order valence-electron chi connectivity index (χ0n) is 18.7. The molecular weight excluding hydrogens is 410 g/mol. The minimum atomic E-state index is -2.85. The molecule has 0 spiro atoms. The molecule has 0 saturated heterocycles. The lowest BCUT2D eigenvalue weighted by atomic mass is 9.85. The number of nitrogens with one attached hydrogen (secondary N) is 1. The van der Waals surface area contributed by atoms with Gasteiger partial charge in [-0.05, 0) is 78.1 Å². The Labute approximate surface area is 187 Å². The summed E-state index contributed by atoms with van der Waals surface area (Å²) in [5, 5.41) is 0.879. The van der Waals surface area contributed by atoms with Crippen molar-refractivity contribution >= 4 is 17.3 Å². The molecule has 0 aliphatic carbocycles. The molecular formula is C26H30F2N2O2. The number of rotatable bonds is 9. The zero-order chi connectivity index (χ0) is 22.7. The third-order valence-electron chi connectivity index (χ3n) is 6.55. The largest absolute Gasteiger partial charge is 0.435 e. The van der Waals surface area contributed by atoms with E-state index in [0.717, 1.165) is 67.9 Å². The van der Waals surface area contributed by atoms with Gasteiger partial charge >= 0.3 is 6.61 Å². The number of nitrogens with zero attached hydrogens (tertiary/aromatic N) is 1. The number of benzene rings is 2. The standard InChI is InChI=1S/C26H30F2N2O2/c1-3-5-18-13-23-19(12-17(18)4-2)10-11-30(16-31)25(23)9-6-20-15-29-24-8-7-21(14-22(20)24)32-26(27)28/h7-8,12-16,25-26,29H,3-6,9-11H2,1-2H3. The molecule has 1 aromatic heterocycles. The third-order valence-corrected chi connectivity index (χ3v) is 6.55. The first-order chi connectivity index (χ1) is 15.5. The number of aromatic nitrogens is 1. The number of hydrogen-bond acceptors (Lipinski definition) is 2. The van der Waals surface area contributed by atoms with Crippen LogP contribution in [0, 0.1) is 0 Å². The van der Waals surface area contributed by atoms with Crippen LogP contribution in [-0.2, 0) is 30.5 Å². The summed E-state index contributed by atoms with van der Waals surface area (Å²) in [5.74, 6) is 0.155. The van der Waals surface area contributed by atoms with Crippen molar-refractivity contribution in [3.8, 4) is 5.75 Å². The van der Waals surface area contributed by atoms with Crippen molar-refractivity contribution in [1.29, 1.82) is 0 Å². The molecule has 2 heterocycles. The summed E-state index contributed by atoms with van der Waals surface area (Å²) >= 11 is 0. The van der Waals surface area contributed by atoms with E-state index >= 15 is 0 Å². The van der Waals surface area contributed by atoms with Crippen molar-refractivity contribution in [3.63, 3.8) is 0 Å². The van der Waals surface area contributed by atoms with Crippen LogP contribution in [0.3, 0.4) is 0 Å². The first-order valence-corrected chi connectivity index (χ1v) is 11.4. The second kappa shape index (κ2) is 9.72. The Morgan fingerprint density at radius 3 is 2.72 bits per heavy atom. The Hall–Kier alpha value is -2.89. The molecule has 0 bridgehead atoms. The molecule has 1 amide bonds. The molecule has 3 aromatic rings. The Morgan fingerprint density at radius 2 is 2.00 bits per heavy atom. The lowest BCUT2D eigenvalue weighted by Gasteiger charge is -2.36. The highest BCUT2D eigenvalue weighted by Crippen LogP contribution is 2.36. The summed E-state index contributed by atoms with van der Waals surface area (Å²) in [6.45, 7) is 2.26. The summed E-state index contributed by atoms with van der Waals surface area (Å²) < 4.78 is 29.8. The molecule has 4 rings (SSSR count). The highest BCUT2D eigenvalue weighted by Gasteiger charge is 2.27. The molecule has 6 heteroatoms. The molecule has 1 N–H and O–H groups in total. The van der Waals surface area contributed by atoms with Gasteiger partial charge in [0.25, 0.3) is 0 Å². The van der Waals surface area contributed by atoms with Crippen LogP contribution in [0.2, 0.25) is 0 Å². The number of aryl methyl sites for hydroxylation is 3. The second-order valence-electron chi connectivity index (χ2n) is 8.47. The van der Waals surface area contributed by atoms with Gasteiger partial charge in [-0.2, -0.15) is 8.78 Å². The van der Waals surface area contributed by atoms with Crippen molar-refractivity contribution in [2.45, 2.75) is 65.0 Å². The van der Waals surface area contributed by atoms with Crippen LogP contribution >= 0.6 is 0 Å². The normalized spacial score (nSPS) is 15.9. The number of carbonyl (C=O) groups excluding carboxylic acids is 1. The monoisotopic (exact) mass is 440 g/mol. The molecule has 4 nitrogen and oxygen atoms in total. The van der Waals surface area contributed by atoms with Gasteiger partial charge < -0.3 is 14.6 Å². The Balaban J connectivity index is 1.62. The van der Waals surface area contributed by atoms with E-state index < -0.39 is 6.61 Å². The second-order valence-corrected chi connectivity index (χ2v) is 8.47. The van der Waals surface area contributed by atoms with E-state index in [-0.39, 0.29) is 11.8 Å². The molecule has 170 valence electrons. The highest BCUT2D eigenvalue weighted by atomic mass is 19.3. The van der Waals surface area contributed by atoms with Crippen molar-refractivity contribution in [3.05, 3.63) is 64.3 Å². The SMILES string of the molecule is CCCc1cc2c(cc1CC)CCN(C=O)C2CCc1c[nH]c2ccc(OC(F)F)cc12. The van der Waals surface area contributed by atoms with Gasteiger partial charge in [-0.1, -0.05) is 32.4 Å². The Bertz CT molecular complexity index is 1090. The van der Waals surface area contributed by atoms with Crippen molar-refractivity contribution in [2.75, 3.05) is 6.54 Å². The van der Waals surface area contributed by atoms with Crippen molar-refractivity contribution in [2.24, 2.45) is 0 Å². The smallest absolute Gasteiger partial charge is 0.387 e. The van der Waals surface area contributed by atoms with E-state index in [2.05, 4.69) is 35.7 Å². The topological polar surface area (TPSA) is 45.3 Å². The first-order valence-electron chi connectivity index (χ1n) is 11.4. The molecule has 1 aliphatic rings. The van der Waals surface area contributed by atoms with Gasteiger partial charge in [-0.25, -0.2) is 0 Å². The van der Waals surface area contributed by atoms with Gasteiger partial charge in [-0.3, -0.25) is 4.79 Å². The van der Waals surface area contributed by atoms with Crippen molar-refractivity contribution in [1.82, 2.24) is 9.88 Å². The summed E-state index contributed by atoms with van der Waals surface area (Å²) in [7, 11) is 0. The van der Waals surface area contributed by atoms with Crippen LogP contribution in [0.15, 0.2) is 36.5 Å². The number of ether oxygens (including phenoxy) is 1. The van der Waals surface area contributed by atoms with E-state index in [1.165, 1.54) is 22.3 Å². The van der Waals surface area contributed by atoms with E-state index in [9.17, 15) is 13.6 Å². The maximum Gasteiger partial charge on any atom is 0.387 e. The van der Waals surface area contributed by atoms with Crippen LogP contribution in [-0.4, -0.2) is 29.5 Å². The third kappa shape index (κ3) is 4.50. The van der Waals surface area contributed by atoms with Gasteiger partial charge in [0.05, 0.1) is 6.04 Å². The number of aromatic amines is 1. The average Bonchev–Trinajstić information content (AvgIpc) is 3.19. The molecule has 0 saturated carbocycles. The summed E-state index contributed by atoms with van der Waals surface area (Å²) in [6.07, 6.45) is 8.42. The highest BCUT2D eigenvalue weighted by molar-refractivity contribution is 5.84. The molecule has 1 aliphatic heterocycles. The fourth-order valence-corrected chi connectivity index (χ4v) is 4.98. The quantitative estimate of drug-likeness (QED) is 0.417. The molecule has 0 radical (unpaired) electrons. The summed E-state index contributed by atoms with van der Waals surface area (Å²) in [6, 6.07) is 9.64. The fourth-order valence-electron chi connectivity index (χ4n) is 4.98. The van der Waals surface area contributed by atoms with Gasteiger partial charge in [0, 0.05) is 23.6 Å². The van der Waals surface area contributed by atoms with Crippen LogP contribution in [0.5, 0.6) is 5.75 Å². The minimum absolute atomic E-state index is 0.0169. The van der Waals surface area contributed by atoms with E-state index in [1.54, 1.807) is 18.2 Å². The maximum absolute atomic E-state index is 12.6. The zero-order valence-corrected chi connectivity index (χ0v) is 18.7. The molecule has 1 atom stereocenters. The van der Waals surface area contributed by atoms with Crippen LogP contribution < -0.4 is 4.74 Å². The number of carbonyl (C=O) groups is 1.